The molecular formula is C24H32O7S. The molecule has 0 aliphatic heterocycles. The Kier molecular flexibility index (Phi) is 5.77. The number of allylic oxidation sites excluding steroid dienone is 3. The van der Waals surface area contributed by atoms with E-state index in [9.17, 15) is 22.8 Å². The first-order valence-corrected chi connectivity index (χ1v) is 13.1. The van der Waals surface area contributed by atoms with Gasteiger partial charge in [-0.15, -0.1) is 0 Å². The van der Waals surface area contributed by atoms with E-state index < -0.39 is 33.7 Å². The van der Waals surface area contributed by atoms with Crippen LogP contribution in [-0.2, 0) is 29.2 Å². The molecule has 0 heterocycles. The smallest absolute Gasteiger partial charge is 0.312 e. The predicted molar refractivity (Wildman–Crippen MR) is 117 cm³/mol. The Labute approximate surface area is 189 Å². The zero-order valence-corrected chi connectivity index (χ0v) is 19.7. The van der Waals surface area contributed by atoms with Crippen molar-refractivity contribution >= 4 is 27.7 Å². The van der Waals surface area contributed by atoms with Crippen LogP contribution in [0.3, 0.4) is 0 Å². The molecule has 0 radical (unpaired) electrons. The number of esters is 1. The molecule has 0 aromatic heterocycles. The summed E-state index contributed by atoms with van der Waals surface area (Å²) < 4.78 is 36.6. The maximum atomic E-state index is 12.4. The molecule has 0 bridgehead atoms. The number of hydrogen-bond donors (Lipinski definition) is 1. The highest BCUT2D eigenvalue weighted by Crippen LogP contribution is 2.67. The minimum Gasteiger partial charge on any atom is -0.430 e. The average Bonchev–Trinajstić information content (AvgIpc) is 3.04. The predicted octanol–water partition coefficient (Wildman–Crippen LogP) is 3.65. The number of carbonyl (C=O) groups excluding carboxylic acids is 3. The molecule has 3 saturated carbocycles. The molecule has 4 aliphatic carbocycles. The van der Waals surface area contributed by atoms with E-state index in [1.165, 1.54) is 6.08 Å². The Morgan fingerprint density at radius 1 is 1.12 bits per heavy atom. The van der Waals surface area contributed by atoms with Crippen molar-refractivity contribution in [3.8, 4) is 0 Å². The van der Waals surface area contributed by atoms with Crippen LogP contribution < -0.4 is 0 Å². The van der Waals surface area contributed by atoms with Crippen LogP contribution in [-0.4, -0.2) is 36.3 Å². The van der Waals surface area contributed by atoms with Gasteiger partial charge in [-0.3, -0.25) is 18.9 Å². The Morgan fingerprint density at radius 2 is 1.84 bits per heavy atom. The lowest BCUT2D eigenvalue weighted by Gasteiger charge is -2.57. The zero-order chi connectivity index (χ0) is 23.5. The molecule has 0 aromatic rings. The van der Waals surface area contributed by atoms with Crippen LogP contribution in [0, 0.1) is 34.5 Å². The summed E-state index contributed by atoms with van der Waals surface area (Å²) in [5, 5.41) is 0. The highest BCUT2D eigenvalue weighted by molar-refractivity contribution is 7.85. The summed E-state index contributed by atoms with van der Waals surface area (Å²) in [5.74, 6) is -0.0929. The lowest BCUT2D eigenvalue weighted by atomic mass is 9.47. The Bertz CT molecular complexity index is 1020. The molecule has 3 fully saturated rings. The minimum absolute atomic E-state index is 0.00883. The summed E-state index contributed by atoms with van der Waals surface area (Å²) in [7, 11) is -4.28. The second-order valence-corrected chi connectivity index (χ2v) is 12.1. The van der Waals surface area contributed by atoms with Gasteiger partial charge in [0.2, 0.25) is 0 Å². The largest absolute Gasteiger partial charge is 0.430 e. The molecular weight excluding hydrogens is 432 g/mol. The maximum absolute atomic E-state index is 12.4. The van der Waals surface area contributed by atoms with Gasteiger partial charge in [-0.05, 0) is 81.6 Å². The molecule has 8 heteroatoms. The van der Waals surface area contributed by atoms with Crippen molar-refractivity contribution in [2.75, 3.05) is 5.75 Å². The van der Waals surface area contributed by atoms with Crippen molar-refractivity contribution < 1.29 is 32.1 Å². The summed E-state index contributed by atoms with van der Waals surface area (Å²) >= 11 is 0. The van der Waals surface area contributed by atoms with Crippen molar-refractivity contribution in [3.05, 3.63) is 23.5 Å². The third-order valence-electron chi connectivity index (χ3n) is 8.97. The average molecular weight is 465 g/mol. The lowest BCUT2D eigenvalue weighted by molar-refractivity contribution is -0.143. The van der Waals surface area contributed by atoms with Gasteiger partial charge in [0.05, 0.1) is 17.6 Å². The van der Waals surface area contributed by atoms with Gasteiger partial charge in [0.25, 0.3) is 10.1 Å². The summed E-state index contributed by atoms with van der Waals surface area (Å²) in [4.78, 5) is 37.1. The molecule has 0 amide bonds. The Morgan fingerprint density at radius 3 is 2.50 bits per heavy atom. The lowest BCUT2D eigenvalue weighted by Crippen LogP contribution is -2.51. The molecule has 0 unspecified atom stereocenters. The van der Waals surface area contributed by atoms with Crippen molar-refractivity contribution in [1.29, 1.82) is 0 Å². The second-order valence-electron chi connectivity index (χ2n) is 10.5. The molecule has 4 rings (SSSR count). The van der Waals surface area contributed by atoms with Crippen LogP contribution in [0.2, 0.25) is 0 Å². The maximum Gasteiger partial charge on any atom is 0.312 e. The Hall–Kier alpha value is -1.80. The van der Waals surface area contributed by atoms with Crippen LogP contribution in [0.15, 0.2) is 23.5 Å². The zero-order valence-electron chi connectivity index (χ0n) is 18.9. The quantitative estimate of drug-likeness (QED) is 0.488. The van der Waals surface area contributed by atoms with Gasteiger partial charge >= 0.3 is 5.97 Å². The third kappa shape index (κ3) is 3.79. The molecule has 4 aliphatic rings. The first kappa shape index (κ1) is 23.4. The molecule has 0 aromatic carbocycles. The fourth-order valence-corrected chi connectivity index (χ4v) is 7.90. The van der Waals surface area contributed by atoms with Gasteiger partial charge < -0.3 is 4.74 Å². The van der Waals surface area contributed by atoms with Gasteiger partial charge in [-0.1, -0.05) is 12.5 Å². The highest BCUT2D eigenvalue weighted by atomic mass is 32.2. The molecule has 1 N–H and O–H groups in total. The van der Waals surface area contributed by atoms with Crippen molar-refractivity contribution in [1.82, 2.24) is 0 Å². The van der Waals surface area contributed by atoms with E-state index >= 15 is 0 Å². The monoisotopic (exact) mass is 464 g/mol. The molecule has 6 atom stereocenters. The first-order valence-electron chi connectivity index (χ1n) is 11.5. The number of Topliss-reactive ketones (excluding diaryl/α,β-unsaturated/α-hetero) is 1. The number of hydrogen-bond acceptors (Lipinski definition) is 6. The summed E-state index contributed by atoms with van der Waals surface area (Å²) in [6, 6.07) is 0. The summed E-state index contributed by atoms with van der Waals surface area (Å²) in [6.07, 6.45) is 7.97. The van der Waals surface area contributed by atoms with Crippen LogP contribution in [0.25, 0.3) is 0 Å². The number of ketones is 2. The van der Waals surface area contributed by atoms with Crippen molar-refractivity contribution in [2.45, 2.75) is 65.7 Å². The number of rotatable bonds is 5. The fraction of sp³-hybridized carbons (Fsp3) is 0.708. The SMILES string of the molecule is CC(=O)[C@H]1CC[C@H]2[C@@H]3CCC4=CC(=O)C=C(OC(=O)CCS(=O)(=O)O)[C@]4(C)[C@H]3CC[C@]12C. The van der Waals surface area contributed by atoms with Crippen LogP contribution >= 0.6 is 0 Å². The molecule has 0 spiro atoms. The number of carbonyl (C=O) groups is 3. The summed E-state index contributed by atoms with van der Waals surface area (Å²) in [5.41, 5.74) is 0.347. The highest BCUT2D eigenvalue weighted by Gasteiger charge is 2.61. The topological polar surface area (TPSA) is 115 Å². The van der Waals surface area contributed by atoms with Crippen molar-refractivity contribution in [3.63, 3.8) is 0 Å². The van der Waals surface area contributed by atoms with E-state index in [0.29, 0.717) is 17.6 Å². The fourth-order valence-electron chi connectivity index (χ4n) is 7.47. The first-order chi connectivity index (χ1) is 14.9. The second kappa shape index (κ2) is 7.90. The molecule has 0 saturated heterocycles. The van der Waals surface area contributed by atoms with Crippen LogP contribution in [0.1, 0.15) is 65.7 Å². The third-order valence-corrected chi connectivity index (χ3v) is 9.69. The van der Waals surface area contributed by atoms with E-state index in [4.69, 9.17) is 9.29 Å². The normalized spacial score (nSPS) is 38.7. The van der Waals surface area contributed by atoms with Gasteiger partial charge in [-0.2, -0.15) is 8.42 Å². The minimum atomic E-state index is -4.28. The van der Waals surface area contributed by atoms with Crippen LogP contribution in [0.5, 0.6) is 0 Å². The van der Waals surface area contributed by atoms with E-state index in [0.717, 1.165) is 44.1 Å². The number of fused-ring (bicyclic) bond motifs is 5. The summed E-state index contributed by atoms with van der Waals surface area (Å²) in [6.45, 7) is 5.99. The number of ether oxygens (including phenoxy) is 1. The van der Waals surface area contributed by atoms with Gasteiger partial charge in [0.1, 0.15) is 11.5 Å². The van der Waals surface area contributed by atoms with E-state index in [1.807, 2.05) is 6.92 Å². The molecule has 7 nitrogen and oxygen atoms in total. The molecule has 32 heavy (non-hydrogen) atoms. The van der Waals surface area contributed by atoms with Gasteiger partial charge in [-0.25, -0.2) is 0 Å². The van der Waals surface area contributed by atoms with E-state index in [1.54, 1.807) is 13.0 Å². The molecule has 176 valence electrons. The van der Waals surface area contributed by atoms with E-state index in [-0.39, 0.29) is 28.8 Å². The van der Waals surface area contributed by atoms with Crippen molar-refractivity contribution in [2.24, 2.45) is 34.5 Å². The van der Waals surface area contributed by atoms with E-state index in [2.05, 4.69) is 6.92 Å². The van der Waals surface area contributed by atoms with Crippen LogP contribution in [0.4, 0.5) is 0 Å². The Balaban J connectivity index is 1.62. The van der Waals surface area contributed by atoms with Gasteiger partial charge in [0.15, 0.2) is 5.78 Å². The van der Waals surface area contributed by atoms with Gasteiger partial charge in [0, 0.05) is 12.0 Å². The standard InChI is InChI=1S/C24H32O7S/c1-14(25)18-6-7-19-17-5-4-15-12-16(26)13-21(31-22(27)9-11-32(28,29)30)24(15,3)20(17)8-10-23(18,19)2/h12-13,17-20H,4-11H2,1-3H3,(H,28,29,30)/t17-,18+,19-,20-,23+,24-/m0/s1.